The van der Waals surface area contributed by atoms with E-state index < -0.39 is 0 Å². The van der Waals surface area contributed by atoms with Crippen molar-refractivity contribution in [2.24, 2.45) is 0 Å². The number of nitrogens with zero attached hydrogens (tertiary/aromatic N) is 7. The number of aromatic nitrogens is 3. The van der Waals surface area contributed by atoms with Crippen LogP contribution in [0.4, 0.5) is 11.6 Å². The van der Waals surface area contributed by atoms with E-state index in [2.05, 4.69) is 25.0 Å². The van der Waals surface area contributed by atoms with E-state index in [0.29, 0.717) is 31.9 Å². The fourth-order valence-corrected chi connectivity index (χ4v) is 3.70. The number of anilines is 2. The van der Waals surface area contributed by atoms with E-state index in [0.717, 1.165) is 37.8 Å². The first kappa shape index (κ1) is 19.1. The third-order valence-corrected chi connectivity index (χ3v) is 5.46. The third kappa shape index (κ3) is 4.28. The van der Waals surface area contributed by atoms with E-state index in [-0.39, 0.29) is 11.8 Å². The molecule has 9 heteroatoms. The SMILES string of the molecule is CC(=O)N1CCN(c2ccc(C(=O)N3CCN(c4ccccn4)CC3)nn2)CC1. The zero-order valence-electron chi connectivity index (χ0n) is 16.6. The number of amides is 2. The number of piperazine rings is 2. The van der Waals surface area contributed by atoms with Crippen molar-refractivity contribution in [3.8, 4) is 0 Å². The molecule has 0 saturated carbocycles. The lowest BCUT2D eigenvalue weighted by molar-refractivity contribution is -0.129. The topological polar surface area (TPSA) is 85.8 Å². The molecule has 2 amide bonds. The van der Waals surface area contributed by atoms with Gasteiger partial charge in [-0.25, -0.2) is 4.98 Å². The van der Waals surface area contributed by atoms with Crippen molar-refractivity contribution in [1.29, 1.82) is 0 Å². The maximum absolute atomic E-state index is 12.8. The lowest BCUT2D eigenvalue weighted by atomic mass is 10.2. The predicted molar refractivity (Wildman–Crippen MR) is 109 cm³/mol. The van der Waals surface area contributed by atoms with Crippen LogP contribution in [0.1, 0.15) is 17.4 Å². The first-order valence-electron chi connectivity index (χ1n) is 9.91. The molecule has 0 N–H and O–H groups in total. The summed E-state index contributed by atoms with van der Waals surface area (Å²) in [5.74, 6) is 1.68. The summed E-state index contributed by atoms with van der Waals surface area (Å²) in [6.45, 7) is 7.14. The molecule has 0 bridgehead atoms. The molecule has 2 aliphatic heterocycles. The molecule has 2 aromatic heterocycles. The normalized spacial score (nSPS) is 17.4. The van der Waals surface area contributed by atoms with Crippen LogP contribution in [0.25, 0.3) is 0 Å². The first-order chi connectivity index (χ1) is 14.1. The molecule has 4 heterocycles. The minimum absolute atomic E-state index is 0.0916. The summed E-state index contributed by atoms with van der Waals surface area (Å²) >= 11 is 0. The van der Waals surface area contributed by atoms with Gasteiger partial charge in [0.25, 0.3) is 5.91 Å². The Morgan fingerprint density at radius 1 is 0.759 bits per heavy atom. The quantitative estimate of drug-likeness (QED) is 0.748. The number of rotatable bonds is 3. The Labute approximate surface area is 169 Å². The highest BCUT2D eigenvalue weighted by molar-refractivity contribution is 5.92. The van der Waals surface area contributed by atoms with Crippen LogP contribution >= 0.6 is 0 Å². The highest BCUT2D eigenvalue weighted by atomic mass is 16.2. The highest BCUT2D eigenvalue weighted by Gasteiger charge is 2.25. The van der Waals surface area contributed by atoms with Gasteiger partial charge >= 0.3 is 0 Å². The molecule has 2 aromatic rings. The van der Waals surface area contributed by atoms with Crippen LogP contribution < -0.4 is 9.80 Å². The molecule has 2 saturated heterocycles. The smallest absolute Gasteiger partial charge is 0.274 e. The van der Waals surface area contributed by atoms with Crippen LogP contribution in [0.5, 0.6) is 0 Å². The van der Waals surface area contributed by atoms with Gasteiger partial charge < -0.3 is 19.6 Å². The monoisotopic (exact) mass is 395 g/mol. The maximum atomic E-state index is 12.8. The van der Waals surface area contributed by atoms with Gasteiger partial charge in [0.15, 0.2) is 11.5 Å². The predicted octanol–water partition coefficient (Wildman–Crippen LogP) is 0.503. The molecule has 0 unspecified atom stereocenters. The third-order valence-electron chi connectivity index (χ3n) is 5.46. The number of carbonyl (C=O) groups is 2. The van der Waals surface area contributed by atoms with Crippen molar-refractivity contribution < 1.29 is 9.59 Å². The van der Waals surface area contributed by atoms with E-state index in [1.54, 1.807) is 19.2 Å². The van der Waals surface area contributed by atoms with Crippen molar-refractivity contribution in [3.63, 3.8) is 0 Å². The number of carbonyl (C=O) groups excluding carboxylic acids is 2. The van der Waals surface area contributed by atoms with Gasteiger partial charge in [-0.15, -0.1) is 10.2 Å². The Hall–Kier alpha value is -3.23. The second kappa shape index (κ2) is 8.42. The molecule has 4 rings (SSSR count). The molecule has 0 atom stereocenters. The zero-order chi connectivity index (χ0) is 20.2. The molecule has 29 heavy (non-hydrogen) atoms. The van der Waals surface area contributed by atoms with E-state index in [4.69, 9.17) is 0 Å². The lowest BCUT2D eigenvalue weighted by Crippen LogP contribution is -2.49. The summed E-state index contributed by atoms with van der Waals surface area (Å²) in [7, 11) is 0. The summed E-state index contributed by atoms with van der Waals surface area (Å²) < 4.78 is 0. The van der Waals surface area contributed by atoms with Crippen LogP contribution in [-0.2, 0) is 4.79 Å². The summed E-state index contributed by atoms with van der Waals surface area (Å²) in [6, 6.07) is 9.44. The van der Waals surface area contributed by atoms with Crippen LogP contribution in [0.2, 0.25) is 0 Å². The van der Waals surface area contributed by atoms with Gasteiger partial charge in [0, 0.05) is 65.5 Å². The van der Waals surface area contributed by atoms with Crippen molar-refractivity contribution in [2.45, 2.75) is 6.92 Å². The second-order valence-corrected chi connectivity index (χ2v) is 7.24. The van der Waals surface area contributed by atoms with E-state index in [9.17, 15) is 9.59 Å². The van der Waals surface area contributed by atoms with Crippen LogP contribution in [0.3, 0.4) is 0 Å². The summed E-state index contributed by atoms with van der Waals surface area (Å²) in [5, 5.41) is 8.43. The van der Waals surface area contributed by atoms with Gasteiger partial charge in [0.2, 0.25) is 5.91 Å². The molecule has 152 valence electrons. The van der Waals surface area contributed by atoms with Crippen molar-refractivity contribution >= 4 is 23.5 Å². The molecule has 0 spiro atoms. The second-order valence-electron chi connectivity index (χ2n) is 7.24. The van der Waals surface area contributed by atoms with Gasteiger partial charge in [-0.2, -0.15) is 0 Å². The molecule has 2 aliphatic rings. The van der Waals surface area contributed by atoms with Gasteiger partial charge in [0.1, 0.15) is 5.82 Å². The van der Waals surface area contributed by atoms with Gasteiger partial charge in [-0.1, -0.05) is 6.07 Å². The fourth-order valence-electron chi connectivity index (χ4n) is 3.70. The van der Waals surface area contributed by atoms with Crippen molar-refractivity contribution in [2.75, 3.05) is 62.2 Å². The lowest BCUT2D eigenvalue weighted by Gasteiger charge is -2.35. The molecular formula is C20H25N7O2. The van der Waals surface area contributed by atoms with Crippen LogP contribution in [0, 0.1) is 0 Å². The molecule has 0 aliphatic carbocycles. The fraction of sp³-hybridized carbons (Fsp3) is 0.450. The largest absolute Gasteiger partial charge is 0.353 e. The van der Waals surface area contributed by atoms with Crippen molar-refractivity contribution in [1.82, 2.24) is 25.0 Å². The van der Waals surface area contributed by atoms with E-state index >= 15 is 0 Å². The van der Waals surface area contributed by atoms with E-state index in [1.165, 1.54) is 0 Å². The van der Waals surface area contributed by atoms with Gasteiger partial charge in [-0.3, -0.25) is 9.59 Å². The van der Waals surface area contributed by atoms with E-state index in [1.807, 2.05) is 34.1 Å². The Balaban J connectivity index is 1.32. The number of hydrogen-bond donors (Lipinski definition) is 0. The maximum Gasteiger partial charge on any atom is 0.274 e. The Bertz CT molecular complexity index is 843. The molecule has 0 aromatic carbocycles. The molecular weight excluding hydrogens is 370 g/mol. The average Bonchev–Trinajstić information content (AvgIpc) is 2.79. The molecule has 9 nitrogen and oxygen atoms in total. The number of pyridine rings is 1. The number of hydrogen-bond acceptors (Lipinski definition) is 7. The minimum atomic E-state index is -0.0916. The minimum Gasteiger partial charge on any atom is -0.353 e. The first-order valence-corrected chi connectivity index (χ1v) is 9.91. The Morgan fingerprint density at radius 2 is 1.41 bits per heavy atom. The summed E-state index contributed by atoms with van der Waals surface area (Å²) in [6.07, 6.45) is 1.78. The summed E-state index contributed by atoms with van der Waals surface area (Å²) in [5.41, 5.74) is 0.363. The van der Waals surface area contributed by atoms with Crippen molar-refractivity contribution in [3.05, 3.63) is 42.2 Å². The Kier molecular flexibility index (Phi) is 5.55. The zero-order valence-corrected chi connectivity index (χ0v) is 16.6. The molecule has 0 radical (unpaired) electrons. The highest BCUT2D eigenvalue weighted by Crippen LogP contribution is 2.16. The van der Waals surface area contributed by atoms with Gasteiger partial charge in [-0.05, 0) is 24.3 Å². The van der Waals surface area contributed by atoms with Gasteiger partial charge in [0.05, 0.1) is 0 Å². The molecule has 2 fully saturated rings. The summed E-state index contributed by atoms with van der Waals surface area (Å²) in [4.78, 5) is 36.5. The Morgan fingerprint density at radius 3 is 1.97 bits per heavy atom. The standard InChI is InChI=1S/C20H25N7O2/c1-16(28)24-8-10-26(11-9-24)19-6-5-17(22-23-19)20(29)27-14-12-25(13-15-27)18-4-2-3-7-21-18/h2-7H,8-15H2,1H3. The van der Waals surface area contributed by atoms with Crippen LogP contribution in [-0.4, -0.2) is 89.2 Å². The van der Waals surface area contributed by atoms with Crippen LogP contribution in [0.15, 0.2) is 36.5 Å². The average molecular weight is 395 g/mol.